The molecule has 0 unspecified atom stereocenters. The minimum atomic E-state index is -0.234. The first-order chi connectivity index (χ1) is 15.7. The summed E-state index contributed by atoms with van der Waals surface area (Å²) in [5.41, 5.74) is 0.670. The summed E-state index contributed by atoms with van der Waals surface area (Å²) in [5, 5.41) is 4.00. The molecule has 0 saturated heterocycles. The van der Waals surface area contributed by atoms with Crippen molar-refractivity contribution in [2.24, 2.45) is 0 Å². The highest BCUT2D eigenvalue weighted by molar-refractivity contribution is 6.16. The first-order valence-corrected chi connectivity index (χ1v) is 11.9. The van der Waals surface area contributed by atoms with Crippen LogP contribution in [-0.4, -0.2) is 25.2 Å². The Labute approximate surface area is 190 Å². The van der Waals surface area contributed by atoms with Gasteiger partial charge in [-0.25, -0.2) is 4.79 Å². The van der Waals surface area contributed by atoms with E-state index < -0.39 is 0 Å². The average molecular weight is 435 g/mol. The van der Waals surface area contributed by atoms with Crippen LogP contribution in [0, 0.1) is 0 Å². The average Bonchev–Trinajstić information content (AvgIpc) is 2.82. The Morgan fingerprint density at radius 2 is 1.12 bits per heavy atom. The molecular weight excluding hydrogens is 400 g/mol. The third kappa shape index (κ3) is 6.81. The zero-order valence-corrected chi connectivity index (χ0v) is 19.1. The largest absolute Gasteiger partial charge is 0.466 e. The van der Waals surface area contributed by atoms with E-state index in [1.165, 1.54) is 19.3 Å². The van der Waals surface area contributed by atoms with E-state index in [-0.39, 0.29) is 11.9 Å². The van der Waals surface area contributed by atoms with Crippen molar-refractivity contribution >= 4 is 33.5 Å². The van der Waals surface area contributed by atoms with Crippen LogP contribution in [0.1, 0.15) is 75.1 Å². The van der Waals surface area contributed by atoms with E-state index in [0.717, 1.165) is 53.6 Å². The summed E-state index contributed by atoms with van der Waals surface area (Å²) in [6, 6.07) is 18.1. The lowest BCUT2D eigenvalue weighted by atomic mass is 9.97. The van der Waals surface area contributed by atoms with Crippen molar-refractivity contribution in [2.45, 2.75) is 64.7 Å². The van der Waals surface area contributed by atoms with Crippen LogP contribution in [0.3, 0.4) is 0 Å². The monoisotopic (exact) mass is 434 g/mol. The van der Waals surface area contributed by atoms with Crippen molar-refractivity contribution in [3.8, 4) is 0 Å². The second-order valence-corrected chi connectivity index (χ2v) is 8.23. The fourth-order valence-corrected chi connectivity index (χ4v) is 4.02. The Kier molecular flexibility index (Phi) is 9.55. The quantitative estimate of drug-likeness (QED) is 0.162. The summed E-state index contributed by atoms with van der Waals surface area (Å²) >= 11 is 0. The van der Waals surface area contributed by atoms with Crippen LogP contribution in [0.2, 0.25) is 0 Å². The van der Waals surface area contributed by atoms with Crippen LogP contribution in [-0.2, 0) is 14.3 Å². The Bertz CT molecular complexity index is 970. The minimum absolute atomic E-state index is 0.112. The molecule has 0 aliphatic heterocycles. The predicted molar refractivity (Wildman–Crippen MR) is 130 cm³/mol. The van der Waals surface area contributed by atoms with Crippen LogP contribution in [0.5, 0.6) is 0 Å². The predicted octanol–water partition coefficient (Wildman–Crippen LogP) is 7.22. The highest BCUT2D eigenvalue weighted by atomic mass is 16.5. The van der Waals surface area contributed by atoms with Crippen molar-refractivity contribution in [2.75, 3.05) is 13.2 Å². The van der Waals surface area contributed by atoms with Gasteiger partial charge >= 0.3 is 11.9 Å². The Hall–Kier alpha value is -2.88. The first kappa shape index (κ1) is 23.8. The van der Waals surface area contributed by atoms with Crippen molar-refractivity contribution in [3.63, 3.8) is 0 Å². The SMILES string of the molecule is CCC(=O)OCCCCCCCCCCOC(=O)c1c2ccccc2cc2ccccc12. The Morgan fingerprint density at radius 3 is 1.66 bits per heavy atom. The summed E-state index contributed by atoms with van der Waals surface area (Å²) in [5.74, 6) is -0.346. The van der Waals surface area contributed by atoms with Crippen molar-refractivity contribution in [1.82, 2.24) is 0 Å². The number of rotatable bonds is 13. The molecule has 0 aliphatic carbocycles. The van der Waals surface area contributed by atoms with Gasteiger partial charge < -0.3 is 9.47 Å². The summed E-state index contributed by atoms with van der Waals surface area (Å²) in [6.07, 6.45) is 9.18. The van der Waals surface area contributed by atoms with Gasteiger partial charge in [0.2, 0.25) is 0 Å². The van der Waals surface area contributed by atoms with Gasteiger partial charge in [0.05, 0.1) is 18.8 Å². The zero-order valence-electron chi connectivity index (χ0n) is 19.1. The maximum atomic E-state index is 12.9. The highest BCUT2D eigenvalue weighted by Gasteiger charge is 2.15. The molecule has 0 aliphatic rings. The van der Waals surface area contributed by atoms with Gasteiger partial charge in [-0.3, -0.25) is 4.79 Å². The van der Waals surface area contributed by atoms with Gasteiger partial charge in [0.15, 0.2) is 0 Å². The molecule has 0 fully saturated rings. The molecule has 0 spiro atoms. The number of hydrogen-bond donors (Lipinski definition) is 0. The molecule has 0 radical (unpaired) electrons. The lowest BCUT2D eigenvalue weighted by Gasteiger charge is -2.11. The lowest BCUT2D eigenvalue weighted by molar-refractivity contribution is -0.143. The second-order valence-electron chi connectivity index (χ2n) is 8.23. The van der Waals surface area contributed by atoms with E-state index in [1.807, 2.05) is 55.5 Å². The molecule has 4 nitrogen and oxygen atoms in total. The standard InChI is InChI=1S/C28H34O4/c1-2-26(29)31-19-13-7-5-3-4-6-8-14-20-32-28(30)27-24-17-11-9-15-22(24)21-23-16-10-12-18-25(23)27/h9-12,15-18,21H,2-8,13-14,19-20H2,1H3. The fraction of sp³-hybridized carbons (Fsp3) is 0.429. The Morgan fingerprint density at radius 1 is 0.656 bits per heavy atom. The number of esters is 2. The number of benzene rings is 3. The van der Waals surface area contributed by atoms with E-state index in [0.29, 0.717) is 25.2 Å². The van der Waals surface area contributed by atoms with Crippen LogP contribution in [0.4, 0.5) is 0 Å². The van der Waals surface area contributed by atoms with Gasteiger partial charge in [0.1, 0.15) is 0 Å². The summed E-state index contributed by atoms with van der Waals surface area (Å²) < 4.78 is 10.7. The maximum absolute atomic E-state index is 12.9. The molecule has 3 rings (SSSR count). The second kappa shape index (κ2) is 12.8. The van der Waals surface area contributed by atoms with E-state index in [4.69, 9.17) is 9.47 Å². The van der Waals surface area contributed by atoms with Gasteiger partial charge in [-0.1, -0.05) is 94.0 Å². The van der Waals surface area contributed by atoms with E-state index in [1.54, 1.807) is 0 Å². The molecule has 0 heterocycles. The Balaban J connectivity index is 1.36. The maximum Gasteiger partial charge on any atom is 0.339 e. The number of carbonyl (C=O) groups excluding carboxylic acids is 2. The van der Waals surface area contributed by atoms with E-state index >= 15 is 0 Å². The summed E-state index contributed by atoms with van der Waals surface area (Å²) in [4.78, 5) is 24.0. The topological polar surface area (TPSA) is 52.6 Å². The minimum Gasteiger partial charge on any atom is -0.466 e. The van der Waals surface area contributed by atoms with Crippen LogP contribution >= 0.6 is 0 Å². The smallest absolute Gasteiger partial charge is 0.339 e. The van der Waals surface area contributed by atoms with Gasteiger partial charge in [-0.15, -0.1) is 0 Å². The van der Waals surface area contributed by atoms with Crippen molar-refractivity contribution in [3.05, 3.63) is 60.2 Å². The molecular formula is C28H34O4. The summed E-state index contributed by atoms with van der Waals surface area (Å²) in [6.45, 7) is 2.82. The molecule has 4 heteroatoms. The number of unbranched alkanes of at least 4 members (excludes halogenated alkanes) is 7. The molecule has 3 aromatic carbocycles. The lowest BCUT2D eigenvalue weighted by Crippen LogP contribution is -2.08. The normalized spacial score (nSPS) is 11.0. The molecule has 0 amide bonds. The van der Waals surface area contributed by atoms with Gasteiger partial charge in [-0.2, -0.15) is 0 Å². The van der Waals surface area contributed by atoms with Crippen molar-refractivity contribution in [1.29, 1.82) is 0 Å². The van der Waals surface area contributed by atoms with Crippen molar-refractivity contribution < 1.29 is 19.1 Å². The molecule has 0 atom stereocenters. The zero-order chi connectivity index (χ0) is 22.6. The van der Waals surface area contributed by atoms with Crippen LogP contribution < -0.4 is 0 Å². The van der Waals surface area contributed by atoms with Gasteiger partial charge in [0, 0.05) is 6.42 Å². The summed E-state index contributed by atoms with van der Waals surface area (Å²) in [7, 11) is 0. The van der Waals surface area contributed by atoms with Gasteiger partial charge in [-0.05, 0) is 40.5 Å². The molecule has 0 N–H and O–H groups in total. The first-order valence-electron chi connectivity index (χ1n) is 11.9. The number of hydrogen-bond acceptors (Lipinski definition) is 4. The molecule has 0 aromatic heterocycles. The number of fused-ring (bicyclic) bond motifs is 2. The highest BCUT2D eigenvalue weighted by Crippen LogP contribution is 2.29. The van der Waals surface area contributed by atoms with Gasteiger partial charge in [0.25, 0.3) is 0 Å². The molecule has 0 saturated carbocycles. The third-order valence-corrected chi connectivity index (χ3v) is 5.80. The fourth-order valence-electron chi connectivity index (χ4n) is 4.02. The molecule has 0 bridgehead atoms. The molecule has 32 heavy (non-hydrogen) atoms. The number of carbonyl (C=O) groups is 2. The van der Waals surface area contributed by atoms with Crippen LogP contribution in [0.15, 0.2) is 54.6 Å². The molecule has 170 valence electrons. The van der Waals surface area contributed by atoms with E-state index in [2.05, 4.69) is 6.07 Å². The third-order valence-electron chi connectivity index (χ3n) is 5.80. The van der Waals surface area contributed by atoms with Crippen LogP contribution in [0.25, 0.3) is 21.5 Å². The number of ether oxygens (including phenoxy) is 2. The van der Waals surface area contributed by atoms with E-state index in [9.17, 15) is 9.59 Å². The molecule has 3 aromatic rings.